The summed E-state index contributed by atoms with van der Waals surface area (Å²) in [7, 11) is 0. The third-order valence-corrected chi connectivity index (χ3v) is 5.73. The maximum absolute atomic E-state index is 12.4. The van der Waals surface area contributed by atoms with Gasteiger partial charge in [0.25, 0.3) is 0 Å². The number of benzene rings is 1. The van der Waals surface area contributed by atoms with Crippen molar-refractivity contribution in [3.8, 4) is 0 Å². The summed E-state index contributed by atoms with van der Waals surface area (Å²) in [6.45, 7) is 1.92. The molecule has 0 bridgehead atoms. The smallest absolute Gasteiger partial charge is 0.307 e. The molecule has 2 saturated carbocycles. The zero-order chi connectivity index (χ0) is 16.5. The summed E-state index contributed by atoms with van der Waals surface area (Å²) in [5.41, 5.74) is 5.48. The van der Waals surface area contributed by atoms with E-state index < -0.39 is 0 Å². The Morgan fingerprint density at radius 3 is 2.79 bits per heavy atom. The number of fused-ring (bicyclic) bond motifs is 2. The second-order valence-electron chi connectivity index (χ2n) is 7.22. The zero-order valence-corrected chi connectivity index (χ0v) is 14.2. The van der Waals surface area contributed by atoms with Gasteiger partial charge < -0.3 is 4.42 Å². The SMILES string of the molecule is Cc1c(C(=O)N/N=C2\CC[C@@H]3CCCC[C@H]3C2)oc2ccccc12. The highest BCUT2D eigenvalue weighted by atomic mass is 16.3. The number of nitrogens with one attached hydrogen (secondary N) is 1. The van der Waals surface area contributed by atoms with Gasteiger partial charge in [0.15, 0.2) is 5.76 Å². The van der Waals surface area contributed by atoms with Crippen LogP contribution in [0.4, 0.5) is 0 Å². The largest absolute Gasteiger partial charge is 0.451 e. The van der Waals surface area contributed by atoms with E-state index in [4.69, 9.17) is 4.42 Å². The van der Waals surface area contributed by atoms with Gasteiger partial charge in [-0.15, -0.1) is 0 Å². The van der Waals surface area contributed by atoms with Gasteiger partial charge in [-0.1, -0.05) is 37.5 Å². The average Bonchev–Trinajstić information content (AvgIpc) is 2.97. The van der Waals surface area contributed by atoms with Crippen LogP contribution < -0.4 is 5.43 Å². The minimum atomic E-state index is -0.248. The van der Waals surface area contributed by atoms with Gasteiger partial charge >= 0.3 is 5.91 Å². The van der Waals surface area contributed by atoms with Gasteiger partial charge in [0.1, 0.15) is 5.58 Å². The molecule has 4 rings (SSSR count). The Kier molecular flexibility index (Phi) is 4.13. The molecule has 126 valence electrons. The maximum Gasteiger partial charge on any atom is 0.307 e. The summed E-state index contributed by atoms with van der Waals surface area (Å²) in [5.74, 6) is 1.77. The van der Waals surface area contributed by atoms with E-state index in [1.165, 1.54) is 32.1 Å². The van der Waals surface area contributed by atoms with Crippen molar-refractivity contribution in [3.63, 3.8) is 0 Å². The lowest BCUT2D eigenvalue weighted by atomic mass is 9.70. The quantitative estimate of drug-likeness (QED) is 0.805. The van der Waals surface area contributed by atoms with E-state index in [1.807, 2.05) is 31.2 Å². The van der Waals surface area contributed by atoms with Crippen molar-refractivity contribution in [1.82, 2.24) is 5.43 Å². The number of rotatable bonds is 2. The molecule has 1 N–H and O–H groups in total. The van der Waals surface area contributed by atoms with Crippen LogP contribution in [0.25, 0.3) is 11.0 Å². The number of para-hydroxylation sites is 1. The van der Waals surface area contributed by atoms with Crippen molar-refractivity contribution in [2.45, 2.75) is 51.9 Å². The van der Waals surface area contributed by atoms with E-state index in [-0.39, 0.29) is 5.91 Å². The van der Waals surface area contributed by atoms with Gasteiger partial charge in [-0.2, -0.15) is 5.10 Å². The third-order valence-electron chi connectivity index (χ3n) is 5.73. The van der Waals surface area contributed by atoms with Crippen LogP contribution >= 0.6 is 0 Å². The lowest BCUT2D eigenvalue weighted by molar-refractivity contribution is 0.0927. The number of hydrogen-bond acceptors (Lipinski definition) is 3. The summed E-state index contributed by atoms with van der Waals surface area (Å²) in [4.78, 5) is 12.4. The van der Waals surface area contributed by atoms with Crippen LogP contribution in [-0.2, 0) is 0 Å². The number of carbonyl (C=O) groups is 1. The maximum atomic E-state index is 12.4. The standard InChI is InChI=1S/C20H24N2O2/c1-13-17-8-4-5-9-18(17)24-19(13)20(23)22-21-16-11-10-14-6-2-3-7-15(14)12-16/h4-5,8-9,14-15H,2-3,6-7,10-12H2,1H3,(H,22,23)/b21-16+/t14-,15-/m0/s1. The Bertz CT molecular complexity index is 790. The topological polar surface area (TPSA) is 54.6 Å². The molecule has 0 aliphatic heterocycles. The third kappa shape index (κ3) is 2.85. The molecule has 2 aliphatic carbocycles. The van der Waals surface area contributed by atoms with Crippen LogP contribution in [0, 0.1) is 18.8 Å². The Morgan fingerprint density at radius 1 is 1.17 bits per heavy atom. The van der Waals surface area contributed by atoms with Crippen LogP contribution in [0.5, 0.6) is 0 Å². The number of hydrogen-bond donors (Lipinski definition) is 1. The second-order valence-corrected chi connectivity index (χ2v) is 7.22. The Balaban J connectivity index is 1.46. The van der Waals surface area contributed by atoms with E-state index >= 15 is 0 Å². The zero-order valence-electron chi connectivity index (χ0n) is 14.2. The van der Waals surface area contributed by atoms with Crippen LogP contribution in [0.2, 0.25) is 0 Å². The molecule has 2 fully saturated rings. The average molecular weight is 324 g/mol. The lowest BCUT2D eigenvalue weighted by Gasteiger charge is -2.35. The van der Waals surface area contributed by atoms with E-state index in [0.29, 0.717) is 5.76 Å². The molecule has 1 amide bonds. The van der Waals surface area contributed by atoms with Gasteiger partial charge in [0.05, 0.1) is 0 Å². The Labute approximate surface area is 142 Å². The van der Waals surface area contributed by atoms with E-state index in [1.54, 1.807) is 0 Å². The van der Waals surface area contributed by atoms with Crippen molar-refractivity contribution in [2.75, 3.05) is 0 Å². The van der Waals surface area contributed by atoms with Crippen LogP contribution in [-0.4, -0.2) is 11.6 Å². The van der Waals surface area contributed by atoms with Crippen molar-refractivity contribution < 1.29 is 9.21 Å². The highest BCUT2D eigenvalue weighted by molar-refractivity contribution is 5.99. The number of amides is 1. The van der Waals surface area contributed by atoms with Crippen LogP contribution in [0.1, 0.15) is 61.1 Å². The number of aryl methyl sites for hydroxylation is 1. The van der Waals surface area contributed by atoms with Crippen molar-refractivity contribution >= 4 is 22.6 Å². The fraction of sp³-hybridized carbons (Fsp3) is 0.500. The molecular weight excluding hydrogens is 300 g/mol. The fourth-order valence-electron chi connectivity index (χ4n) is 4.36. The summed E-state index contributed by atoms with van der Waals surface area (Å²) in [6, 6.07) is 7.72. The molecule has 4 nitrogen and oxygen atoms in total. The van der Waals surface area contributed by atoms with Crippen LogP contribution in [0.3, 0.4) is 0 Å². The normalized spacial score (nSPS) is 25.6. The number of hydrazone groups is 1. The monoisotopic (exact) mass is 324 g/mol. The number of furan rings is 1. The first kappa shape index (κ1) is 15.4. The lowest BCUT2D eigenvalue weighted by Crippen LogP contribution is -2.29. The Hall–Kier alpha value is -2.10. The molecule has 2 aromatic rings. The molecule has 0 saturated heterocycles. The molecule has 2 aliphatic rings. The molecule has 24 heavy (non-hydrogen) atoms. The molecule has 2 atom stereocenters. The molecule has 0 unspecified atom stereocenters. The van der Waals surface area contributed by atoms with Crippen LogP contribution in [0.15, 0.2) is 33.8 Å². The van der Waals surface area contributed by atoms with Gasteiger partial charge in [-0.05, 0) is 50.5 Å². The van der Waals surface area contributed by atoms with Crippen molar-refractivity contribution in [3.05, 3.63) is 35.6 Å². The van der Waals surface area contributed by atoms with E-state index in [0.717, 1.165) is 46.9 Å². The van der Waals surface area contributed by atoms with Crippen molar-refractivity contribution in [1.29, 1.82) is 0 Å². The summed E-state index contributed by atoms with van der Waals surface area (Å²) < 4.78 is 5.71. The molecule has 1 aromatic heterocycles. The fourth-order valence-corrected chi connectivity index (χ4v) is 4.36. The van der Waals surface area contributed by atoms with Gasteiger partial charge in [-0.25, -0.2) is 5.43 Å². The molecule has 4 heteroatoms. The van der Waals surface area contributed by atoms with E-state index in [2.05, 4.69) is 10.5 Å². The first-order valence-electron chi connectivity index (χ1n) is 9.06. The number of carbonyl (C=O) groups excluding carboxylic acids is 1. The van der Waals surface area contributed by atoms with Gasteiger partial charge in [0, 0.05) is 16.7 Å². The molecule has 1 aromatic carbocycles. The Morgan fingerprint density at radius 2 is 1.96 bits per heavy atom. The summed E-state index contributed by atoms with van der Waals surface area (Å²) >= 11 is 0. The summed E-state index contributed by atoms with van der Waals surface area (Å²) in [5, 5.41) is 5.40. The molecule has 0 radical (unpaired) electrons. The second kappa shape index (κ2) is 6.42. The predicted molar refractivity (Wildman–Crippen MR) is 95.2 cm³/mol. The van der Waals surface area contributed by atoms with Crippen molar-refractivity contribution in [2.24, 2.45) is 16.9 Å². The van der Waals surface area contributed by atoms with E-state index in [9.17, 15) is 4.79 Å². The highest BCUT2D eigenvalue weighted by Gasteiger charge is 2.30. The van der Waals surface area contributed by atoms with Gasteiger partial charge in [-0.3, -0.25) is 4.79 Å². The molecular formula is C20H24N2O2. The predicted octanol–water partition coefficient (Wildman–Crippen LogP) is 4.82. The highest BCUT2D eigenvalue weighted by Crippen LogP contribution is 2.39. The first-order chi connectivity index (χ1) is 11.7. The first-order valence-corrected chi connectivity index (χ1v) is 9.06. The number of nitrogens with zero attached hydrogens (tertiary/aromatic N) is 1. The molecule has 0 spiro atoms. The van der Waals surface area contributed by atoms with Gasteiger partial charge in [0.2, 0.25) is 0 Å². The molecule has 1 heterocycles. The minimum Gasteiger partial charge on any atom is -0.451 e. The summed E-state index contributed by atoms with van der Waals surface area (Å²) in [6.07, 6.45) is 8.71. The minimum absolute atomic E-state index is 0.248.